The van der Waals surface area contributed by atoms with Crippen LogP contribution in [0.1, 0.15) is 24.8 Å². The lowest BCUT2D eigenvalue weighted by molar-refractivity contribution is -0.138. The van der Waals surface area contributed by atoms with Gasteiger partial charge in [-0.2, -0.15) is 0 Å². The van der Waals surface area contributed by atoms with E-state index in [2.05, 4.69) is 4.72 Å². The van der Waals surface area contributed by atoms with Crippen LogP contribution in [0.15, 0.2) is 18.2 Å². The highest BCUT2D eigenvalue weighted by atomic mass is 32.2. The first-order valence-corrected chi connectivity index (χ1v) is 9.99. The molecule has 142 valence electrons. The second kappa shape index (κ2) is 6.53. The fourth-order valence-electron chi connectivity index (χ4n) is 3.80. The molecule has 3 rings (SSSR count). The van der Waals surface area contributed by atoms with Crippen molar-refractivity contribution in [1.29, 1.82) is 0 Å². The van der Waals surface area contributed by atoms with Gasteiger partial charge < -0.3 is 4.90 Å². The van der Waals surface area contributed by atoms with Gasteiger partial charge in [0.2, 0.25) is 15.9 Å². The summed E-state index contributed by atoms with van der Waals surface area (Å²) < 4.78 is 41.7. The second-order valence-electron chi connectivity index (χ2n) is 6.96. The van der Waals surface area contributed by atoms with E-state index < -0.39 is 27.0 Å². The Balaban J connectivity index is 1.81. The van der Waals surface area contributed by atoms with Gasteiger partial charge in [0.05, 0.1) is 16.9 Å². The Bertz CT molecular complexity index is 858. The molecule has 7 nitrogen and oxygen atoms in total. The van der Waals surface area contributed by atoms with Gasteiger partial charge in [0.25, 0.3) is 0 Å². The summed E-state index contributed by atoms with van der Waals surface area (Å²) in [7, 11) is -0.751. The fourth-order valence-corrected chi connectivity index (χ4v) is 5.40. The summed E-state index contributed by atoms with van der Waals surface area (Å²) in [6.07, 6.45) is 0.898. The molecule has 3 unspecified atom stereocenters. The largest absolute Gasteiger partial charge is 0.326 e. The van der Waals surface area contributed by atoms with Crippen LogP contribution >= 0.6 is 0 Å². The first kappa shape index (κ1) is 18.6. The van der Waals surface area contributed by atoms with Crippen molar-refractivity contribution in [3.05, 3.63) is 29.6 Å². The van der Waals surface area contributed by atoms with Crippen molar-refractivity contribution in [2.45, 2.75) is 37.5 Å². The molecule has 0 radical (unpaired) electrons. The maximum atomic E-state index is 13.7. The van der Waals surface area contributed by atoms with Crippen LogP contribution in [-0.4, -0.2) is 55.5 Å². The monoisotopic (exact) mass is 383 g/mol. The van der Waals surface area contributed by atoms with Gasteiger partial charge >= 0.3 is 6.03 Å². The molecular weight excluding hydrogens is 361 g/mol. The van der Waals surface area contributed by atoms with E-state index in [4.69, 9.17) is 0 Å². The highest BCUT2D eigenvalue weighted by Crippen LogP contribution is 2.36. The molecule has 1 aliphatic heterocycles. The van der Waals surface area contributed by atoms with E-state index in [1.807, 2.05) is 0 Å². The molecule has 3 amide bonds. The number of benzene rings is 1. The van der Waals surface area contributed by atoms with Crippen LogP contribution in [0, 0.1) is 18.7 Å². The topological polar surface area (TPSA) is 86.8 Å². The number of nitrogens with one attached hydrogen (secondary N) is 1. The summed E-state index contributed by atoms with van der Waals surface area (Å²) in [5.41, 5.74) is 0.426. The predicted molar refractivity (Wildman–Crippen MR) is 94.5 cm³/mol. The second-order valence-corrected chi connectivity index (χ2v) is 8.92. The van der Waals surface area contributed by atoms with Crippen molar-refractivity contribution in [3.63, 3.8) is 0 Å². The lowest BCUT2D eigenvalue weighted by Gasteiger charge is -2.45. The molecule has 0 aromatic heterocycles. The van der Waals surface area contributed by atoms with Crippen LogP contribution in [0.3, 0.4) is 0 Å². The lowest BCUT2D eigenvalue weighted by Crippen LogP contribution is -2.61. The number of halogens is 1. The predicted octanol–water partition coefficient (Wildman–Crippen LogP) is 1.94. The number of hydrogen-bond donors (Lipinski definition) is 1. The van der Waals surface area contributed by atoms with Gasteiger partial charge in [-0.15, -0.1) is 0 Å². The van der Waals surface area contributed by atoms with Crippen molar-refractivity contribution in [1.82, 2.24) is 9.80 Å². The normalized spacial score (nSPS) is 26.7. The van der Waals surface area contributed by atoms with Crippen LogP contribution in [0.2, 0.25) is 0 Å². The highest BCUT2D eigenvalue weighted by molar-refractivity contribution is 7.93. The maximum Gasteiger partial charge on any atom is 0.326 e. The standard InChI is InChI=1S/C17H22FN3O4S/c1-10-13(18)5-4-6-14(10)19-26(24,25)11-7-8-15-12(9-11)16(22)21(3)17(23)20(15)2/h4-6,11-12,15,19H,7-9H2,1-3H3. The van der Waals surface area contributed by atoms with Crippen LogP contribution in [0.25, 0.3) is 0 Å². The molecule has 1 saturated heterocycles. The maximum absolute atomic E-state index is 13.7. The van der Waals surface area contributed by atoms with E-state index in [-0.39, 0.29) is 35.7 Å². The number of anilines is 1. The Labute approximate surface area is 152 Å². The van der Waals surface area contributed by atoms with Crippen LogP contribution in [-0.2, 0) is 14.8 Å². The van der Waals surface area contributed by atoms with E-state index in [9.17, 15) is 22.4 Å². The van der Waals surface area contributed by atoms with Gasteiger partial charge in [-0.3, -0.25) is 14.4 Å². The zero-order valence-electron chi connectivity index (χ0n) is 14.9. The molecular formula is C17H22FN3O4S. The van der Waals surface area contributed by atoms with Crippen LogP contribution < -0.4 is 4.72 Å². The highest BCUT2D eigenvalue weighted by Gasteiger charge is 2.48. The third-order valence-electron chi connectivity index (χ3n) is 5.46. The molecule has 1 heterocycles. The number of carbonyl (C=O) groups is 2. The molecule has 1 aromatic carbocycles. The number of amides is 3. The van der Waals surface area contributed by atoms with Gasteiger partial charge in [0, 0.05) is 25.7 Å². The van der Waals surface area contributed by atoms with E-state index in [1.54, 1.807) is 7.05 Å². The summed E-state index contributed by atoms with van der Waals surface area (Å²) >= 11 is 0. The first-order chi connectivity index (χ1) is 12.1. The quantitative estimate of drug-likeness (QED) is 0.864. The average Bonchev–Trinajstić information content (AvgIpc) is 2.61. The lowest BCUT2D eigenvalue weighted by atomic mass is 9.81. The zero-order valence-corrected chi connectivity index (χ0v) is 15.7. The minimum atomic E-state index is -3.79. The van der Waals surface area contributed by atoms with E-state index in [0.29, 0.717) is 12.8 Å². The van der Waals surface area contributed by atoms with E-state index >= 15 is 0 Å². The zero-order chi connectivity index (χ0) is 19.2. The van der Waals surface area contributed by atoms with E-state index in [0.717, 1.165) is 4.90 Å². The van der Waals surface area contributed by atoms with Gasteiger partial charge in [0.1, 0.15) is 5.82 Å². The van der Waals surface area contributed by atoms with Crippen LogP contribution in [0.5, 0.6) is 0 Å². The molecule has 2 fully saturated rings. The summed E-state index contributed by atoms with van der Waals surface area (Å²) in [4.78, 5) is 27.1. The summed E-state index contributed by atoms with van der Waals surface area (Å²) in [5, 5.41) is -0.773. The Morgan fingerprint density at radius 2 is 1.88 bits per heavy atom. The number of sulfonamides is 1. The molecule has 2 aliphatic rings. The Kier molecular flexibility index (Phi) is 4.68. The fraction of sp³-hybridized carbons (Fsp3) is 0.529. The van der Waals surface area contributed by atoms with Crippen molar-refractivity contribution in [2.75, 3.05) is 18.8 Å². The third-order valence-corrected chi connectivity index (χ3v) is 7.27. The average molecular weight is 383 g/mol. The molecule has 0 spiro atoms. The van der Waals surface area contributed by atoms with Crippen molar-refractivity contribution in [2.24, 2.45) is 5.92 Å². The SMILES string of the molecule is Cc1c(F)cccc1NS(=O)(=O)C1CCC2C(C1)C(=O)N(C)C(=O)N2C. The first-order valence-electron chi connectivity index (χ1n) is 8.44. The minimum Gasteiger partial charge on any atom is -0.324 e. The molecule has 1 N–H and O–H groups in total. The summed E-state index contributed by atoms with van der Waals surface area (Å²) in [5.74, 6) is -1.38. The number of rotatable bonds is 3. The minimum absolute atomic E-state index is 0.134. The number of carbonyl (C=O) groups excluding carboxylic acids is 2. The number of imide groups is 1. The summed E-state index contributed by atoms with van der Waals surface area (Å²) in [6.45, 7) is 1.50. The van der Waals surface area contributed by atoms with Gasteiger partial charge in [0.15, 0.2) is 0 Å². The molecule has 3 atom stereocenters. The number of hydrogen-bond acceptors (Lipinski definition) is 4. The number of fused-ring (bicyclic) bond motifs is 1. The smallest absolute Gasteiger partial charge is 0.324 e. The van der Waals surface area contributed by atoms with Gasteiger partial charge in [-0.25, -0.2) is 17.6 Å². The Hall–Kier alpha value is -2.16. The molecule has 0 bridgehead atoms. The molecule has 1 aromatic rings. The van der Waals surface area contributed by atoms with Crippen molar-refractivity contribution >= 4 is 27.6 Å². The Morgan fingerprint density at radius 1 is 1.19 bits per heavy atom. The molecule has 9 heteroatoms. The van der Waals surface area contributed by atoms with Crippen LogP contribution in [0.4, 0.5) is 14.9 Å². The van der Waals surface area contributed by atoms with Gasteiger partial charge in [-0.1, -0.05) is 6.07 Å². The van der Waals surface area contributed by atoms with E-state index in [1.165, 1.54) is 37.1 Å². The molecule has 1 aliphatic carbocycles. The van der Waals surface area contributed by atoms with Crippen molar-refractivity contribution in [3.8, 4) is 0 Å². The molecule has 1 saturated carbocycles. The summed E-state index contributed by atoms with van der Waals surface area (Å²) in [6, 6.07) is 3.56. The van der Waals surface area contributed by atoms with Gasteiger partial charge in [-0.05, 0) is 38.3 Å². The third kappa shape index (κ3) is 3.04. The van der Waals surface area contributed by atoms with Crippen molar-refractivity contribution < 1.29 is 22.4 Å². The number of nitrogens with zero attached hydrogens (tertiary/aromatic N) is 2. The number of urea groups is 1. The molecule has 26 heavy (non-hydrogen) atoms. The Morgan fingerprint density at radius 3 is 2.58 bits per heavy atom.